The summed E-state index contributed by atoms with van der Waals surface area (Å²) in [6.45, 7) is 4.67. The second kappa shape index (κ2) is 6.38. The van der Waals surface area contributed by atoms with E-state index in [1.165, 1.54) is 12.8 Å². The van der Waals surface area contributed by atoms with Crippen molar-refractivity contribution in [3.05, 3.63) is 30.9 Å². The van der Waals surface area contributed by atoms with Crippen LogP contribution in [0.1, 0.15) is 31.5 Å². The number of rotatable bonds is 7. The summed E-state index contributed by atoms with van der Waals surface area (Å²) >= 11 is 0. The Balaban J connectivity index is 2.20. The summed E-state index contributed by atoms with van der Waals surface area (Å²) < 4.78 is 2.01. The van der Waals surface area contributed by atoms with E-state index in [0.717, 1.165) is 25.2 Å². The molecule has 0 saturated carbocycles. The van der Waals surface area contributed by atoms with Crippen LogP contribution in [0, 0.1) is 0 Å². The maximum atomic E-state index is 8.95. The standard InChI is InChI=1S/C11H18N2O/c1-2-3-4-5-6-8-13-9-7-12-11(13)10-14/h2,7,9,14H,1,3-6,8,10H2. The van der Waals surface area contributed by atoms with Crippen LogP contribution in [0.3, 0.4) is 0 Å². The molecule has 0 amide bonds. The molecule has 0 atom stereocenters. The summed E-state index contributed by atoms with van der Waals surface area (Å²) in [6.07, 6.45) is 10.2. The molecule has 0 fully saturated rings. The third kappa shape index (κ3) is 3.34. The zero-order valence-corrected chi connectivity index (χ0v) is 8.52. The average molecular weight is 194 g/mol. The lowest BCUT2D eigenvalue weighted by Gasteiger charge is -2.04. The molecule has 3 heteroatoms. The van der Waals surface area contributed by atoms with Crippen molar-refractivity contribution in [3.63, 3.8) is 0 Å². The number of aryl methyl sites for hydroxylation is 1. The molecular weight excluding hydrogens is 176 g/mol. The molecular formula is C11H18N2O. The van der Waals surface area contributed by atoms with E-state index in [2.05, 4.69) is 11.6 Å². The molecule has 0 radical (unpaired) electrons. The van der Waals surface area contributed by atoms with Crippen molar-refractivity contribution in [2.45, 2.75) is 38.8 Å². The molecule has 0 aliphatic rings. The largest absolute Gasteiger partial charge is 0.388 e. The first-order valence-electron chi connectivity index (χ1n) is 5.10. The number of unbranched alkanes of at least 4 members (excludes halogenated alkanes) is 3. The maximum absolute atomic E-state index is 8.95. The van der Waals surface area contributed by atoms with E-state index in [0.29, 0.717) is 0 Å². The molecule has 1 rings (SSSR count). The highest BCUT2D eigenvalue weighted by atomic mass is 16.3. The molecule has 1 aromatic rings. The van der Waals surface area contributed by atoms with Crippen molar-refractivity contribution < 1.29 is 5.11 Å². The predicted molar refractivity (Wildman–Crippen MR) is 56.8 cm³/mol. The molecule has 0 aliphatic heterocycles. The molecule has 3 nitrogen and oxygen atoms in total. The van der Waals surface area contributed by atoms with Crippen LogP contribution < -0.4 is 0 Å². The van der Waals surface area contributed by atoms with Gasteiger partial charge in [0.15, 0.2) is 0 Å². The van der Waals surface area contributed by atoms with Crippen LogP contribution in [0.2, 0.25) is 0 Å². The third-order valence-electron chi connectivity index (χ3n) is 2.25. The Morgan fingerprint density at radius 3 is 3.00 bits per heavy atom. The number of aliphatic hydroxyl groups excluding tert-OH is 1. The maximum Gasteiger partial charge on any atom is 0.134 e. The van der Waals surface area contributed by atoms with Gasteiger partial charge in [0.1, 0.15) is 12.4 Å². The van der Waals surface area contributed by atoms with Crippen molar-refractivity contribution in [1.29, 1.82) is 0 Å². The van der Waals surface area contributed by atoms with Gasteiger partial charge < -0.3 is 9.67 Å². The van der Waals surface area contributed by atoms with Gasteiger partial charge >= 0.3 is 0 Å². The third-order valence-corrected chi connectivity index (χ3v) is 2.25. The highest BCUT2D eigenvalue weighted by Gasteiger charge is 1.99. The summed E-state index contributed by atoms with van der Waals surface area (Å²) in [7, 11) is 0. The average Bonchev–Trinajstić information content (AvgIpc) is 2.65. The van der Waals surface area contributed by atoms with Crippen molar-refractivity contribution in [1.82, 2.24) is 9.55 Å². The van der Waals surface area contributed by atoms with Crippen LogP contribution in [0.25, 0.3) is 0 Å². The van der Waals surface area contributed by atoms with Gasteiger partial charge in [0, 0.05) is 18.9 Å². The molecule has 1 aromatic heterocycles. The lowest BCUT2D eigenvalue weighted by Crippen LogP contribution is -2.02. The molecule has 14 heavy (non-hydrogen) atoms. The Morgan fingerprint density at radius 2 is 2.29 bits per heavy atom. The Bertz CT molecular complexity index is 268. The number of aromatic nitrogens is 2. The van der Waals surface area contributed by atoms with E-state index in [9.17, 15) is 0 Å². The van der Waals surface area contributed by atoms with E-state index in [1.54, 1.807) is 6.20 Å². The summed E-state index contributed by atoms with van der Waals surface area (Å²) in [5, 5.41) is 8.95. The van der Waals surface area contributed by atoms with Crippen LogP contribution in [0.5, 0.6) is 0 Å². The smallest absolute Gasteiger partial charge is 0.134 e. The molecule has 78 valence electrons. The van der Waals surface area contributed by atoms with Gasteiger partial charge in [-0.2, -0.15) is 0 Å². The van der Waals surface area contributed by atoms with Gasteiger partial charge in [-0.3, -0.25) is 0 Å². The Hall–Kier alpha value is -1.09. The molecule has 0 spiro atoms. The number of aliphatic hydroxyl groups is 1. The van der Waals surface area contributed by atoms with E-state index >= 15 is 0 Å². The van der Waals surface area contributed by atoms with Crippen molar-refractivity contribution in [2.24, 2.45) is 0 Å². The molecule has 1 N–H and O–H groups in total. The van der Waals surface area contributed by atoms with Crippen molar-refractivity contribution >= 4 is 0 Å². The Labute approximate surface area is 85.1 Å². The van der Waals surface area contributed by atoms with Gasteiger partial charge in [-0.15, -0.1) is 6.58 Å². The molecule has 0 aromatic carbocycles. The van der Waals surface area contributed by atoms with Gasteiger partial charge in [-0.1, -0.05) is 12.5 Å². The molecule has 0 saturated heterocycles. The quantitative estimate of drug-likeness (QED) is 0.533. The van der Waals surface area contributed by atoms with Gasteiger partial charge in [-0.05, 0) is 19.3 Å². The van der Waals surface area contributed by atoms with Crippen LogP contribution in [-0.4, -0.2) is 14.7 Å². The fraction of sp³-hybridized carbons (Fsp3) is 0.545. The van der Waals surface area contributed by atoms with E-state index in [1.807, 2.05) is 16.8 Å². The highest BCUT2D eigenvalue weighted by molar-refractivity contribution is 4.89. The lowest BCUT2D eigenvalue weighted by molar-refractivity contribution is 0.264. The Morgan fingerprint density at radius 1 is 1.43 bits per heavy atom. The first-order valence-corrected chi connectivity index (χ1v) is 5.10. The number of hydrogen-bond acceptors (Lipinski definition) is 2. The fourth-order valence-electron chi connectivity index (χ4n) is 1.44. The topological polar surface area (TPSA) is 38.0 Å². The minimum Gasteiger partial charge on any atom is -0.388 e. The Kier molecular flexibility index (Phi) is 5.00. The van der Waals surface area contributed by atoms with E-state index in [-0.39, 0.29) is 6.61 Å². The highest BCUT2D eigenvalue weighted by Crippen LogP contribution is 2.04. The summed E-state index contributed by atoms with van der Waals surface area (Å²) in [6, 6.07) is 0. The zero-order valence-electron chi connectivity index (χ0n) is 8.52. The SMILES string of the molecule is C=CCCCCCn1ccnc1CO. The molecule has 0 unspecified atom stereocenters. The summed E-state index contributed by atoms with van der Waals surface area (Å²) in [4.78, 5) is 4.05. The van der Waals surface area contributed by atoms with Crippen LogP contribution in [0.15, 0.2) is 25.0 Å². The minimum atomic E-state index is 0.0274. The number of hydrogen-bond donors (Lipinski definition) is 1. The van der Waals surface area contributed by atoms with Gasteiger partial charge in [-0.25, -0.2) is 4.98 Å². The van der Waals surface area contributed by atoms with E-state index in [4.69, 9.17) is 5.11 Å². The normalized spacial score (nSPS) is 10.4. The monoisotopic (exact) mass is 194 g/mol. The summed E-state index contributed by atoms with van der Waals surface area (Å²) in [5.41, 5.74) is 0. The number of nitrogens with zero attached hydrogens (tertiary/aromatic N) is 2. The lowest BCUT2D eigenvalue weighted by atomic mass is 10.2. The fourth-order valence-corrected chi connectivity index (χ4v) is 1.44. The predicted octanol–water partition coefficient (Wildman–Crippen LogP) is 2.12. The minimum absolute atomic E-state index is 0.0274. The number of imidazole rings is 1. The van der Waals surface area contributed by atoms with Crippen LogP contribution in [-0.2, 0) is 13.2 Å². The zero-order chi connectivity index (χ0) is 10.2. The first-order chi connectivity index (χ1) is 6.88. The van der Waals surface area contributed by atoms with Gasteiger partial charge in [0.2, 0.25) is 0 Å². The molecule has 0 aliphatic carbocycles. The second-order valence-electron chi connectivity index (χ2n) is 3.33. The summed E-state index contributed by atoms with van der Waals surface area (Å²) in [5.74, 6) is 0.758. The van der Waals surface area contributed by atoms with Crippen molar-refractivity contribution in [3.8, 4) is 0 Å². The molecule has 0 bridgehead atoms. The van der Waals surface area contributed by atoms with Crippen LogP contribution >= 0.6 is 0 Å². The second-order valence-corrected chi connectivity index (χ2v) is 3.33. The van der Waals surface area contributed by atoms with E-state index < -0.39 is 0 Å². The number of allylic oxidation sites excluding steroid dienone is 1. The van der Waals surface area contributed by atoms with Gasteiger partial charge in [0.05, 0.1) is 0 Å². The first kappa shape index (κ1) is 11.0. The van der Waals surface area contributed by atoms with Gasteiger partial charge in [0.25, 0.3) is 0 Å². The van der Waals surface area contributed by atoms with Crippen molar-refractivity contribution in [2.75, 3.05) is 0 Å². The van der Waals surface area contributed by atoms with Crippen LogP contribution in [0.4, 0.5) is 0 Å². The molecule has 1 heterocycles.